The fourth-order valence-electron chi connectivity index (χ4n) is 2.48. The maximum absolute atomic E-state index is 12.3. The highest BCUT2D eigenvalue weighted by molar-refractivity contribution is 7.90. The summed E-state index contributed by atoms with van der Waals surface area (Å²) in [5, 5.41) is 2.74. The third-order valence-corrected chi connectivity index (χ3v) is 6.08. The van der Waals surface area contributed by atoms with Crippen molar-refractivity contribution in [2.75, 3.05) is 19.7 Å². The van der Waals surface area contributed by atoms with E-state index in [4.69, 9.17) is 4.74 Å². The van der Waals surface area contributed by atoms with Crippen LogP contribution in [0.15, 0.2) is 0 Å². The lowest BCUT2D eigenvalue weighted by Crippen LogP contribution is -2.63. The van der Waals surface area contributed by atoms with Gasteiger partial charge < -0.3 is 10.1 Å². The third kappa shape index (κ3) is 4.16. The van der Waals surface area contributed by atoms with E-state index in [-0.39, 0.29) is 17.6 Å². The zero-order valence-corrected chi connectivity index (χ0v) is 14.2. The zero-order chi connectivity index (χ0) is 15.4. The Morgan fingerprint density at radius 2 is 2.00 bits per heavy atom. The van der Waals surface area contributed by atoms with Gasteiger partial charge in [0.2, 0.25) is 10.0 Å². The van der Waals surface area contributed by atoms with E-state index in [2.05, 4.69) is 30.8 Å². The van der Waals surface area contributed by atoms with E-state index < -0.39 is 15.3 Å². The number of rotatable bonds is 9. The van der Waals surface area contributed by atoms with E-state index in [1.165, 1.54) is 0 Å². The molecule has 0 saturated heterocycles. The van der Waals surface area contributed by atoms with E-state index in [1.807, 2.05) is 6.92 Å². The maximum atomic E-state index is 12.3. The molecule has 0 aromatic heterocycles. The smallest absolute Gasteiger partial charge is 0.215 e. The normalized spacial score (nSPS) is 27.1. The van der Waals surface area contributed by atoms with Gasteiger partial charge in [-0.05, 0) is 33.2 Å². The van der Waals surface area contributed by atoms with Crippen molar-refractivity contribution < 1.29 is 13.2 Å². The van der Waals surface area contributed by atoms with Crippen LogP contribution in [0.3, 0.4) is 0 Å². The van der Waals surface area contributed by atoms with Gasteiger partial charge >= 0.3 is 0 Å². The Hall–Kier alpha value is -0.170. The SMILES string of the molecule is CCCNCC(C)S(=O)(=O)NC1CC(OCC)C1(C)C. The average Bonchev–Trinajstić information content (AvgIpc) is 2.37. The number of hydrogen-bond donors (Lipinski definition) is 2. The lowest BCUT2D eigenvalue weighted by Gasteiger charge is -2.51. The molecule has 1 fully saturated rings. The molecular formula is C14H30N2O3S. The van der Waals surface area contributed by atoms with Gasteiger partial charge in [-0.2, -0.15) is 0 Å². The molecule has 1 aliphatic rings. The molecule has 5 nitrogen and oxygen atoms in total. The van der Waals surface area contributed by atoms with Crippen LogP contribution in [0.2, 0.25) is 0 Å². The molecule has 1 aliphatic carbocycles. The summed E-state index contributed by atoms with van der Waals surface area (Å²) in [6, 6.07) is -0.0299. The monoisotopic (exact) mass is 306 g/mol. The molecule has 0 radical (unpaired) electrons. The van der Waals surface area contributed by atoms with Gasteiger partial charge in [-0.25, -0.2) is 13.1 Å². The van der Waals surface area contributed by atoms with E-state index in [0.29, 0.717) is 13.2 Å². The highest BCUT2D eigenvalue weighted by Gasteiger charge is 2.50. The van der Waals surface area contributed by atoms with Crippen LogP contribution in [-0.2, 0) is 14.8 Å². The van der Waals surface area contributed by atoms with Crippen LogP contribution in [0.25, 0.3) is 0 Å². The maximum Gasteiger partial charge on any atom is 0.215 e. The summed E-state index contributed by atoms with van der Waals surface area (Å²) in [5.41, 5.74) is -0.139. The van der Waals surface area contributed by atoms with Crippen molar-refractivity contribution in [3.05, 3.63) is 0 Å². The number of hydrogen-bond acceptors (Lipinski definition) is 4. The lowest BCUT2D eigenvalue weighted by atomic mass is 9.65. The fourth-order valence-corrected chi connectivity index (χ4v) is 3.84. The van der Waals surface area contributed by atoms with Crippen molar-refractivity contribution in [3.8, 4) is 0 Å². The third-order valence-electron chi connectivity index (χ3n) is 4.24. The number of nitrogens with one attached hydrogen (secondary N) is 2. The molecule has 1 saturated carbocycles. The van der Waals surface area contributed by atoms with Crippen molar-refractivity contribution in [1.29, 1.82) is 0 Å². The van der Waals surface area contributed by atoms with Gasteiger partial charge in [-0.1, -0.05) is 20.8 Å². The van der Waals surface area contributed by atoms with Crippen LogP contribution in [0.5, 0.6) is 0 Å². The quantitative estimate of drug-likeness (QED) is 0.634. The van der Waals surface area contributed by atoms with Crippen LogP contribution >= 0.6 is 0 Å². The molecule has 0 spiro atoms. The molecule has 3 unspecified atom stereocenters. The van der Waals surface area contributed by atoms with E-state index in [0.717, 1.165) is 19.4 Å². The molecule has 3 atom stereocenters. The van der Waals surface area contributed by atoms with E-state index in [1.54, 1.807) is 6.92 Å². The summed E-state index contributed by atoms with van der Waals surface area (Å²) >= 11 is 0. The highest BCUT2D eigenvalue weighted by Crippen LogP contribution is 2.43. The Morgan fingerprint density at radius 3 is 2.50 bits per heavy atom. The Labute approximate surface area is 123 Å². The molecule has 120 valence electrons. The second kappa shape index (κ2) is 7.20. The van der Waals surface area contributed by atoms with Gasteiger partial charge in [0.25, 0.3) is 0 Å². The van der Waals surface area contributed by atoms with Crippen molar-refractivity contribution in [2.45, 2.75) is 64.9 Å². The topological polar surface area (TPSA) is 67.4 Å². The summed E-state index contributed by atoms with van der Waals surface area (Å²) in [4.78, 5) is 0. The van der Waals surface area contributed by atoms with E-state index >= 15 is 0 Å². The first kappa shape index (κ1) is 17.9. The zero-order valence-electron chi connectivity index (χ0n) is 13.4. The van der Waals surface area contributed by atoms with E-state index in [9.17, 15) is 8.42 Å². The Balaban J connectivity index is 2.51. The lowest BCUT2D eigenvalue weighted by molar-refractivity contribution is -0.108. The molecule has 1 rings (SSSR count). The predicted octanol–water partition coefficient (Wildman–Crippen LogP) is 1.50. The largest absolute Gasteiger partial charge is 0.378 e. The van der Waals surface area contributed by atoms with Gasteiger partial charge in [0.05, 0.1) is 11.4 Å². The number of sulfonamides is 1. The van der Waals surface area contributed by atoms with Crippen LogP contribution in [0, 0.1) is 5.41 Å². The van der Waals surface area contributed by atoms with Crippen LogP contribution in [0.4, 0.5) is 0 Å². The summed E-state index contributed by atoms with van der Waals surface area (Å²) < 4.78 is 33.1. The second-order valence-corrected chi connectivity index (χ2v) is 8.36. The molecule has 0 aromatic rings. The molecule has 20 heavy (non-hydrogen) atoms. The molecule has 0 aromatic carbocycles. The second-order valence-electron chi connectivity index (χ2n) is 6.23. The Morgan fingerprint density at radius 1 is 1.35 bits per heavy atom. The van der Waals surface area contributed by atoms with Crippen molar-refractivity contribution >= 4 is 10.0 Å². The minimum Gasteiger partial charge on any atom is -0.378 e. The minimum atomic E-state index is -3.28. The van der Waals surface area contributed by atoms with Crippen LogP contribution < -0.4 is 10.0 Å². The predicted molar refractivity (Wildman–Crippen MR) is 82.3 cm³/mol. The average molecular weight is 306 g/mol. The summed E-state index contributed by atoms with van der Waals surface area (Å²) in [6.07, 6.45) is 1.91. The molecule has 6 heteroatoms. The molecule has 2 N–H and O–H groups in total. The fraction of sp³-hybridized carbons (Fsp3) is 1.00. The molecule has 0 amide bonds. The first-order valence-corrected chi connectivity index (χ1v) is 9.13. The summed E-state index contributed by atoms with van der Waals surface area (Å²) in [6.45, 7) is 11.9. The van der Waals surface area contributed by atoms with Crippen LogP contribution in [-0.4, -0.2) is 45.5 Å². The minimum absolute atomic E-state index is 0.0299. The summed E-state index contributed by atoms with van der Waals surface area (Å²) in [5.74, 6) is 0. The van der Waals surface area contributed by atoms with Gasteiger partial charge in [-0.15, -0.1) is 0 Å². The van der Waals surface area contributed by atoms with Crippen molar-refractivity contribution in [1.82, 2.24) is 10.0 Å². The molecule has 0 heterocycles. The molecular weight excluding hydrogens is 276 g/mol. The molecule has 0 aliphatic heterocycles. The first-order chi connectivity index (χ1) is 9.25. The Bertz CT molecular complexity index is 395. The van der Waals surface area contributed by atoms with Gasteiger partial charge in [0, 0.05) is 24.6 Å². The van der Waals surface area contributed by atoms with Crippen molar-refractivity contribution in [3.63, 3.8) is 0 Å². The van der Waals surface area contributed by atoms with Crippen LogP contribution in [0.1, 0.15) is 47.5 Å². The summed E-state index contributed by atoms with van der Waals surface area (Å²) in [7, 11) is -3.28. The number of ether oxygens (including phenoxy) is 1. The van der Waals surface area contributed by atoms with Gasteiger partial charge in [0.15, 0.2) is 0 Å². The standard InChI is InChI=1S/C14H30N2O3S/c1-6-8-15-10-11(3)20(17,18)16-12-9-13(19-7-2)14(12,4)5/h11-13,15-16H,6-10H2,1-5H3. The van der Waals surface area contributed by atoms with Gasteiger partial charge in [0.1, 0.15) is 0 Å². The van der Waals surface area contributed by atoms with Gasteiger partial charge in [-0.3, -0.25) is 0 Å². The Kier molecular flexibility index (Phi) is 6.44. The van der Waals surface area contributed by atoms with Crippen molar-refractivity contribution in [2.24, 2.45) is 5.41 Å². The molecule has 0 bridgehead atoms. The first-order valence-electron chi connectivity index (χ1n) is 7.59. The highest BCUT2D eigenvalue weighted by atomic mass is 32.2.